The van der Waals surface area contributed by atoms with Crippen LogP contribution in [0, 0.1) is 5.82 Å². The number of thiocarbonyl (C=S) groups is 1. The number of halogens is 1. The average molecular weight is 499 g/mol. The Morgan fingerprint density at radius 2 is 1.80 bits per heavy atom. The van der Waals surface area contributed by atoms with Crippen LogP contribution in [-0.4, -0.2) is 72.2 Å². The van der Waals surface area contributed by atoms with Crippen LogP contribution in [0.4, 0.5) is 15.8 Å². The summed E-state index contributed by atoms with van der Waals surface area (Å²) < 4.78 is 20.1. The van der Waals surface area contributed by atoms with Gasteiger partial charge in [-0.3, -0.25) is 19.4 Å². The van der Waals surface area contributed by atoms with E-state index in [1.807, 2.05) is 24.3 Å². The number of benzene rings is 2. The second kappa shape index (κ2) is 11.2. The number of para-hydroxylation sites is 1. The summed E-state index contributed by atoms with van der Waals surface area (Å²) in [7, 11) is 0. The van der Waals surface area contributed by atoms with Crippen molar-refractivity contribution in [2.75, 3.05) is 49.6 Å². The number of carbonyl (C=O) groups excluding carboxylic acids is 2. The Kier molecular flexibility index (Phi) is 8.10. The number of anilines is 2. The molecular weight excluding hydrogens is 467 g/mol. The van der Waals surface area contributed by atoms with Gasteiger partial charge in [-0.05, 0) is 48.0 Å². The predicted octanol–water partition coefficient (Wildman–Crippen LogP) is 3.61. The number of ether oxygens (including phenoxy) is 1. The Hall–Kier alpha value is -2.88. The van der Waals surface area contributed by atoms with Crippen molar-refractivity contribution in [3.8, 4) is 0 Å². The van der Waals surface area contributed by atoms with E-state index in [9.17, 15) is 14.0 Å². The molecule has 0 saturated carbocycles. The van der Waals surface area contributed by atoms with Crippen LogP contribution in [0.3, 0.4) is 0 Å². The normalized spacial score (nSPS) is 19.0. The highest BCUT2D eigenvalue weighted by Gasteiger charge is 2.44. The molecule has 35 heavy (non-hydrogen) atoms. The molecule has 0 radical (unpaired) electrons. The first-order valence-electron chi connectivity index (χ1n) is 11.9. The maximum absolute atomic E-state index is 14.8. The monoisotopic (exact) mass is 498 g/mol. The molecule has 2 amide bonds. The van der Waals surface area contributed by atoms with Crippen molar-refractivity contribution in [1.82, 2.24) is 9.80 Å². The van der Waals surface area contributed by atoms with Gasteiger partial charge in [0.15, 0.2) is 5.11 Å². The van der Waals surface area contributed by atoms with Crippen LogP contribution >= 0.6 is 12.2 Å². The van der Waals surface area contributed by atoms with Crippen LogP contribution < -0.4 is 10.2 Å². The Bertz CT molecular complexity index is 1070. The number of carbonyl (C=O) groups is 2. The predicted molar refractivity (Wildman–Crippen MR) is 138 cm³/mol. The summed E-state index contributed by atoms with van der Waals surface area (Å²) in [4.78, 5) is 31.6. The zero-order chi connectivity index (χ0) is 24.9. The van der Waals surface area contributed by atoms with E-state index < -0.39 is 11.9 Å². The van der Waals surface area contributed by atoms with Crippen LogP contribution in [0.1, 0.15) is 31.7 Å². The molecule has 2 saturated heterocycles. The highest BCUT2D eigenvalue weighted by molar-refractivity contribution is 7.80. The van der Waals surface area contributed by atoms with Crippen molar-refractivity contribution in [1.29, 1.82) is 0 Å². The minimum atomic E-state index is -0.918. The average Bonchev–Trinajstić information content (AvgIpc) is 3.07. The first-order valence-corrected chi connectivity index (χ1v) is 12.3. The van der Waals surface area contributed by atoms with Gasteiger partial charge in [0, 0.05) is 31.9 Å². The zero-order valence-corrected chi connectivity index (χ0v) is 20.9. The van der Waals surface area contributed by atoms with Crippen molar-refractivity contribution in [3.63, 3.8) is 0 Å². The highest BCUT2D eigenvalue weighted by Crippen LogP contribution is 2.30. The number of rotatable bonds is 8. The summed E-state index contributed by atoms with van der Waals surface area (Å²) in [5, 5.41) is 3.08. The van der Waals surface area contributed by atoms with Crippen molar-refractivity contribution in [2.24, 2.45) is 0 Å². The fourth-order valence-electron chi connectivity index (χ4n) is 4.36. The smallest absolute Gasteiger partial charge is 0.252 e. The lowest BCUT2D eigenvalue weighted by Crippen LogP contribution is -2.43. The van der Waals surface area contributed by atoms with Crippen LogP contribution in [0.15, 0.2) is 48.5 Å². The third-order valence-electron chi connectivity index (χ3n) is 6.40. The maximum Gasteiger partial charge on any atom is 0.252 e. The number of nitrogens with one attached hydrogen (secondary N) is 1. The molecule has 2 aromatic carbocycles. The fourth-order valence-corrected chi connectivity index (χ4v) is 4.76. The fraction of sp³-hybridized carbons (Fsp3) is 0.423. The molecule has 0 spiro atoms. The number of hydrogen-bond acceptors (Lipinski definition) is 5. The van der Waals surface area contributed by atoms with Gasteiger partial charge in [-0.15, -0.1) is 0 Å². The Morgan fingerprint density at radius 3 is 2.46 bits per heavy atom. The first-order chi connectivity index (χ1) is 16.8. The zero-order valence-electron chi connectivity index (χ0n) is 20.1. The van der Waals surface area contributed by atoms with Crippen LogP contribution in [-0.2, 0) is 14.3 Å². The van der Waals surface area contributed by atoms with Crippen molar-refractivity contribution < 1.29 is 18.7 Å². The molecule has 1 atom stereocenters. The van der Waals surface area contributed by atoms with Gasteiger partial charge < -0.3 is 15.0 Å². The Morgan fingerprint density at radius 1 is 1.11 bits per heavy atom. The van der Waals surface area contributed by atoms with E-state index in [1.54, 1.807) is 18.2 Å². The summed E-state index contributed by atoms with van der Waals surface area (Å²) >= 11 is 5.64. The van der Waals surface area contributed by atoms with Crippen molar-refractivity contribution in [3.05, 3.63) is 59.9 Å². The highest BCUT2D eigenvalue weighted by atomic mass is 32.1. The molecule has 0 bridgehead atoms. The summed E-state index contributed by atoms with van der Waals surface area (Å²) in [6.45, 7) is 8.08. The molecule has 2 heterocycles. The quantitative estimate of drug-likeness (QED) is 0.561. The SMILES string of the molecule is CC(C)c1ccc(NC(=O)CC2C(=O)N(CCN3CCOCC3)C(=S)N2c2ccccc2F)cc1. The van der Waals surface area contributed by atoms with E-state index in [-0.39, 0.29) is 29.0 Å². The van der Waals surface area contributed by atoms with E-state index in [4.69, 9.17) is 17.0 Å². The minimum Gasteiger partial charge on any atom is -0.379 e. The molecule has 2 aromatic rings. The van der Waals surface area contributed by atoms with Gasteiger partial charge in [-0.1, -0.05) is 38.1 Å². The molecule has 2 fully saturated rings. The third-order valence-corrected chi connectivity index (χ3v) is 6.81. The maximum atomic E-state index is 14.8. The van der Waals surface area contributed by atoms with Gasteiger partial charge in [-0.25, -0.2) is 4.39 Å². The molecule has 4 rings (SSSR count). The van der Waals surface area contributed by atoms with Crippen molar-refractivity contribution >= 4 is 40.5 Å². The van der Waals surface area contributed by atoms with Gasteiger partial charge in [0.1, 0.15) is 11.9 Å². The second-order valence-electron chi connectivity index (χ2n) is 9.09. The second-order valence-corrected chi connectivity index (χ2v) is 9.46. The topological polar surface area (TPSA) is 65.1 Å². The molecular formula is C26H31FN4O3S. The molecule has 7 nitrogen and oxygen atoms in total. The van der Waals surface area contributed by atoms with E-state index >= 15 is 0 Å². The molecule has 2 aliphatic heterocycles. The summed E-state index contributed by atoms with van der Waals surface area (Å²) in [5.41, 5.74) is 2.01. The number of morpholine rings is 1. The van der Waals surface area contributed by atoms with Gasteiger partial charge in [0.2, 0.25) is 5.91 Å². The standard InChI is InChI=1S/C26H31FN4O3S/c1-18(2)19-7-9-20(10-8-19)28-24(32)17-23-25(33)30(12-11-29-13-15-34-16-14-29)26(35)31(23)22-6-4-3-5-21(22)27/h3-10,18,23H,11-17H2,1-2H3,(H,28,32). The van der Waals surface area contributed by atoms with Crippen LogP contribution in [0.25, 0.3) is 0 Å². The lowest BCUT2D eigenvalue weighted by molar-refractivity contribution is -0.129. The molecule has 2 aliphatic rings. The first kappa shape index (κ1) is 25.2. The minimum absolute atomic E-state index is 0.146. The molecule has 0 aromatic heterocycles. The van der Waals surface area contributed by atoms with Gasteiger partial charge in [0.25, 0.3) is 5.91 Å². The van der Waals surface area contributed by atoms with Gasteiger partial charge in [0.05, 0.1) is 25.3 Å². The van der Waals surface area contributed by atoms with Crippen molar-refractivity contribution in [2.45, 2.75) is 32.2 Å². The molecule has 1 unspecified atom stereocenters. The summed E-state index contributed by atoms with van der Waals surface area (Å²) in [5.74, 6) is -0.737. The van der Waals surface area contributed by atoms with E-state index in [0.717, 1.165) is 13.1 Å². The lowest BCUT2D eigenvalue weighted by Gasteiger charge is -2.28. The van der Waals surface area contributed by atoms with Gasteiger partial charge in [-0.2, -0.15) is 0 Å². The lowest BCUT2D eigenvalue weighted by atomic mass is 10.0. The largest absolute Gasteiger partial charge is 0.379 e. The summed E-state index contributed by atoms with van der Waals surface area (Å²) in [6.07, 6.45) is -0.146. The molecule has 0 aliphatic carbocycles. The number of amides is 2. The van der Waals surface area contributed by atoms with E-state index in [1.165, 1.54) is 21.4 Å². The molecule has 1 N–H and O–H groups in total. The van der Waals surface area contributed by atoms with Crippen LogP contribution in [0.2, 0.25) is 0 Å². The Labute approximate surface area is 210 Å². The molecule has 186 valence electrons. The molecule has 9 heteroatoms. The van der Waals surface area contributed by atoms with E-state index in [0.29, 0.717) is 37.9 Å². The number of nitrogens with zero attached hydrogens (tertiary/aromatic N) is 3. The van der Waals surface area contributed by atoms with Crippen LogP contribution in [0.5, 0.6) is 0 Å². The number of hydrogen-bond donors (Lipinski definition) is 1. The van der Waals surface area contributed by atoms with E-state index in [2.05, 4.69) is 24.1 Å². The van der Waals surface area contributed by atoms with Gasteiger partial charge >= 0.3 is 0 Å². The Balaban J connectivity index is 1.51. The summed E-state index contributed by atoms with van der Waals surface area (Å²) in [6, 6.07) is 12.9. The third kappa shape index (κ3) is 5.86.